The molecule has 1 nitrogen and oxygen atoms in total. The number of nitrogens with one attached hydrogen (secondary N) is 1. The minimum atomic E-state index is 0.460. The van der Waals surface area contributed by atoms with Gasteiger partial charge in [0.1, 0.15) is 0 Å². The van der Waals surface area contributed by atoms with E-state index in [9.17, 15) is 0 Å². The van der Waals surface area contributed by atoms with Crippen molar-refractivity contribution in [3.05, 3.63) is 29.8 Å². The normalized spacial score (nSPS) is 18.1. The molecule has 0 amide bonds. The van der Waals surface area contributed by atoms with Gasteiger partial charge in [0.05, 0.1) is 0 Å². The Morgan fingerprint density at radius 2 is 2.11 bits per heavy atom. The lowest BCUT2D eigenvalue weighted by Gasteiger charge is -2.14. The van der Waals surface area contributed by atoms with E-state index in [1.807, 2.05) is 11.8 Å². The largest absolute Gasteiger partial charge is 0.310 e. The molecule has 1 N–H and O–H groups in total. The Hall–Kier alpha value is -0.470. The second kappa shape index (κ2) is 7.20. The van der Waals surface area contributed by atoms with Gasteiger partial charge in [0.25, 0.3) is 0 Å². The fraction of sp³-hybridized carbons (Fsp3) is 0.625. The molecule has 0 aliphatic heterocycles. The van der Waals surface area contributed by atoms with Crippen molar-refractivity contribution in [2.45, 2.75) is 50.5 Å². The molecule has 1 atom stereocenters. The maximum Gasteiger partial charge on any atom is 0.0292 e. The lowest BCUT2D eigenvalue weighted by atomic mass is 10.1. The highest BCUT2D eigenvalue weighted by atomic mass is 32.2. The molecular weight excluding hydrogens is 238 g/mol. The molecule has 0 bridgehead atoms. The molecule has 0 saturated heterocycles. The second-order valence-electron chi connectivity index (χ2n) is 5.31. The predicted octanol–water partition coefficient (Wildman–Crippen LogP) is 4.64. The van der Waals surface area contributed by atoms with Gasteiger partial charge in [-0.15, -0.1) is 11.8 Å². The zero-order valence-electron chi connectivity index (χ0n) is 11.6. The quantitative estimate of drug-likeness (QED) is 0.750. The van der Waals surface area contributed by atoms with Crippen LogP contribution in [0.4, 0.5) is 0 Å². The van der Waals surface area contributed by atoms with Crippen molar-refractivity contribution in [2.75, 3.05) is 12.3 Å². The van der Waals surface area contributed by atoms with E-state index < -0.39 is 0 Å². The highest BCUT2D eigenvalue weighted by Crippen LogP contribution is 2.31. The minimum Gasteiger partial charge on any atom is -0.310 e. The van der Waals surface area contributed by atoms with E-state index in [0.717, 1.165) is 12.5 Å². The van der Waals surface area contributed by atoms with Gasteiger partial charge < -0.3 is 5.32 Å². The zero-order valence-corrected chi connectivity index (χ0v) is 12.4. The Balaban J connectivity index is 1.89. The van der Waals surface area contributed by atoms with Crippen LogP contribution in [-0.4, -0.2) is 12.3 Å². The van der Waals surface area contributed by atoms with Crippen molar-refractivity contribution < 1.29 is 0 Å². The van der Waals surface area contributed by atoms with Crippen molar-refractivity contribution in [3.8, 4) is 0 Å². The van der Waals surface area contributed by atoms with Crippen LogP contribution in [0.1, 0.15) is 51.1 Å². The standard InChI is InChI=1S/C16H25NS/c1-3-17-13(2)15-9-6-10-16(11-15)18-12-14-7-4-5-8-14/h6,9-11,13-14,17H,3-5,7-8,12H2,1-2H3. The summed E-state index contributed by atoms with van der Waals surface area (Å²) in [7, 11) is 0. The Morgan fingerprint density at radius 1 is 1.33 bits per heavy atom. The summed E-state index contributed by atoms with van der Waals surface area (Å²) in [6.07, 6.45) is 5.78. The lowest BCUT2D eigenvalue weighted by molar-refractivity contribution is 0.597. The van der Waals surface area contributed by atoms with Crippen LogP contribution < -0.4 is 5.32 Å². The predicted molar refractivity (Wildman–Crippen MR) is 81.2 cm³/mol. The van der Waals surface area contributed by atoms with Gasteiger partial charge in [-0.25, -0.2) is 0 Å². The molecule has 1 unspecified atom stereocenters. The molecule has 100 valence electrons. The molecule has 1 aromatic carbocycles. The molecule has 0 heterocycles. The second-order valence-corrected chi connectivity index (χ2v) is 6.41. The van der Waals surface area contributed by atoms with Gasteiger partial charge >= 0.3 is 0 Å². The molecule has 1 aliphatic rings. The van der Waals surface area contributed by atoms with Crippen LogP contribution in [0.2, 0.25) is 0 Å². The summed E-state index contributed by atoms with van der Waals surface area (Å²) in [4.78, 5) is 1.43. The summed E-state index contributed by atoms with van der Waals surface area (Å²) in [5.74, 6) is 2.27. The van der Waals surface area contributed by atoms with Crippen molar-refractivity contribution in [2.24, 2.45) is 5.92 Å². The molecule has 0 radical (unpaired) electrons. The number of rotatable bonds is 6. The van der Waals surface area contributed by atoms with E-state index in [4.69, 9.17) is 0 Å². The van der Waals surface area contributed by atoms with Crippen LogP contribution >= 0.6 is 11.8 Å². The first-order chi connectivity index (χ1) is 8.79. The van der Waals surface area contributed by atoms with E-state index in [0.29, 0.717) is 6.04 Å². The van der Waals surface area contributed by atoms with Crippen molar-refractivity contribution in [3.63, 3.8) is 0 Å². The van der Waals surface area contributed by atoms with E-state index in [2.05, 4.69) is 43.4 Å². The number of hydrogen-bond donors (Lipinski definition) is 1. The van der Waals surface area contributed by atoms with Gasteiger partial charge in [0.2, 0.25) is 0 Å². The average molecular weight is 263 g/mol. The van der Waals surface area contributed by atoms with E-state index in [1.165, 1.54) is 41.9 Å². The molecule has 2 heteroatoms. The average Bonchev–Trinajstić information content (AvgIpc) is 2.90. The van der Waals surface area contributed by atoms with Gasteiger partial charge in [0, 0.05) is 16.7 Å². The topological polar surface area (TPSA) is 12.0 Å². The van der Waals surface area contributed by atoms with Gasteiger partial charge in [-0.3, -0.25) is 0 Å². The SMILES string of the molecule is CCNC(C)c1cccc(SCC2CCCC2)c1. The molecule has 1 aliphatic carbocycles. The molecule has 1 saturated carbocycles. The van der Waals surface area contributed by atoms with Gasteiger partial charge in [0.15, 0.2) is 0 Å². The minimum absolute atomic E-state index is 0.460. The Labute approximate surface area is 116 Å². The summed E-state index contributed by atoms with van der Waals surface area (Å²) in [5, 5.41) is 3.48. The third-order valence-corrected chi connectivity index (χ3v) is 5.05. The van der Waals surface area contributed by atoms with Crippen molar-refractivity contribution >= 4 is 11.8 Å². The number of thioether (sulfide) groups is 1. The first-order valence-corrected chi connectivity index (χ1v) is 8.24. The highest BCUT2D eigenvalue weighted by Gasteiger charge is 2.15. The Bertz CT molecular complexity index is 358. The summed E-state index contributed by atoms with van der Waals surface area (Å²) in [6.45, 7) is 5.43. The summed E-state index contributed by atoms with van der Waals surface area (Å²) >= 11 is 2.04. The Kier molecular flexibility index (Phi) is 5.58. The fourth-order valence-corrected chi connectivity index (χ4v) is 3.84. The zero-order chi connectivity index (χ0) is 12.8. The maximum atomic E-state index is 3.48. The van der Waals surface area contributed by atoms with Gasteiger partial charge in [-0.2, -0.15) is 0 Å². The molecule has 1 aromatic rings. The fourth-order valence-electron chi connectivity index (χ4n) is 2.69. The van der Waals surface area contributed by atoms with Crippen LogP contribution in [0.25, 0.3) is 0 Å². The third kappa shape index (κ3) is 4.03. The number of hydrogen-bond acceptors (Lipinski definition) is 2. The first-order valence-electron chi connectivity index (χ1n) is 7.25. The summed E-state index contributed by atoms with van der Waals surface area (Å²) in [6, 6.07) is 9.49. The van der Waals surface area contributed by atoms with Crippen LogP contribution in [0, 0.1) is 5.92 Å². The van der Waals surface area contributed by atoms with Crippen molar-refractivity contribution in [1.29, 1.82) is 0 Å². The van der Waals surface area contributed by atoms with Crippen LogP contribution in [0.15, 0.2) is 29.2 Å². The van der Waals surface area contributed by atoms with E-state index in [1.54, 1.807) is 0 Å². The monoisotopic (exact) mass is 263 g/mol. The first kappa shape index (κ1) is 14.0. The molecule has 2 rings (SSSR count). The van der Waals surface area contributed by atoms with Crippen LogP contribution in [-0.2, 0) is 0 Å². The molecule has 0 aromatic heterocycles. The van der Waals surface area contributed by atoms with Gasteiger partial charge in [-0.1, -0.05) is 31.9 Å². The molecule has 0 spiro atoms. The maximum absolute atomic E-state index is 3.48. The van der Waals surface area contributed by atoms with Crippen molar-refractivity contribution in [1.82, 2.24) is 5.32 Å². The summed E-state index contributed by atoms with van der Waals surface area (Å²) < 4.78 is 0. The molecule has 18 heavy (non-hydrogen) atoms. The van der Waals surface area contributed by atoms with E-state index >= 15 is 0 Å². The highest BCUT2D eigenvalue weighted by molar-refractivity contribution is 7.99. The van der Waals surface area contributed by atoms with E-state index in [-0.39, 0.29) is 0 Å². The third-order valence-electron chi connectivity index (χ3n) is 3.83. The smallest absolute Gasteiger partial charge is 0.0292 e. The summed E-state index contributed by atoms with van der Waals surface area (Å²) in [5.41, 5.74) is 1.41. The van der Waals surface area contributed by atoms with Crippen LogP contribution in [0.3, 0.4) is 0 Å². The lowest BCUT2D eigenvalue weighted by Crippen LogP contribution is -2.17. The molecule has 1 fully saturated rings. The van der Waals surface area contributed by atoms with Gasteiger partial charge in [-0.05, 0) is 49.9 Å². The number of benzene rings is 1. The van der Waals surface area contributed by atoms with Crippen LogP contribution in [0.5, 0.6) is 0 Å². The molecular formula is C16H25NS. The Morgan fingerprint density at radius 3 is 2.83 bits per heavy atom.